The molecule has 0 atom stereocenters. The van der Waals surface area contributed by atoms with E-state index in [0.29, 0.717) is 5.82 Å². The van der Waals surface area contributed by atoms with Crippen molar-refractivity contribution in [2.24, 2.45) is 9.98 Å². The molecule has 0 unspecified atom stereocenters. The van der Waals surface area contributed by atoms with E-state index in [4.69, 9.17) is 31.8 Å². The van der Waals surface area contributed by atoms with E-state index in [1.807, 2.05) is 32.0 Å². The van der Waals surface area contributed by atoms with Crippen molar-refractivity contribution < 1.29 is 8.91 Å². The molecule has 7 aromatic rings. The first kappa shape index (κ1) is 37.8. The number of nitrogens with two attached hydrogens (primary N) is 1. The number of benzene rings is 3. The summed E-state index contributed by atoms with van der Waals surface area (Å²) in [5.41, 5.74) is 17.3. The number of pyridine rings is 1. The molecule has 11 rings (SSSR count). The topological polar surface area (TPSA) is 120 Å². The normalized spacial score (nSPS) is 16.2. The van der Waals surface area contributed by atoms with E-state index in [2.05, 4.69) is 69.1 Å². The molecule has 2 aliphatic carbocycles. The molecule has 2 aliphatic heterocycles. The second kappa shape index (κ2) is 14.0. The van der Waals surface area contributed by atoms with Gasteiger partial charge in [-0.05, 0) is 131 Å². The van der Waals surface area contributed by atoms with Crippen LogP contribution in [0.15, 0.2) is 99.6 Å². The Labute approximate surface area is 345 Å². The molecule has 2 saturated carbocycles. The minimum atomic E-state index is -0.401. The molecule has 3 aromatic carbocycles. The van der Waals surface area contributed by atoms with Gasteiger partial charge in [0.15, 0.2) is 11.6 Å². The van der Waals surface area contributed by atoms with Gasteiger partial charge in [0.25, 0.3) is 0 Å². The number of rotatable bonds is 3. The Morgan fingerprint density at radius 1 is 0.759 bits per heavy atom. The van der Waals surface area contributed by atoms with Gasteiger partial charge in [0, 0.05) is 43.9 Å². The Hall–Kier alpha value is -5.78. The predicted molar refractivity (Wildman–Crippen MR) is 230 cm³/mol. The van der Waals surface area contributed by atoms with Crippen LogP contribution in [0.5, 0.6) is 0 Å². The number of aromatic nitrogens is 5. The van der Waals surface area contributed by atoms with E-state index in [-0.39, 0.29) is 18.8 Å². The zero-order valence-corrected chi connectivity index (χ0v) is 33.5. The molecule has 292 valence electrons. The fraction of sp³-hybridized carbons (Fsp3) is 0.261. The lowest BCUT2D eigenvalue weighted by Crippen LogP contribution is -2.35. The zero-order valence-electron chi connectivity index (χ0n) is 31.9. The summed E-state index contributed by atoms with van der Waals surface area (Å²) in [5.74, 6) is 2.96. The van der Waals surface area contributed by atoms with E-state index in [1.165, 1.54) is 39.6 Å². The van der Waals surface area contributed by atoms with E-state index in [1.54, 1.807) is 35.7 Å². The van der Waals surface area contributed by atoms with Crippen LogP contribution in [0, 0.1) is 33.5 Å². The molecular formula is C46H42ClFN8OS. The van der Waals surface area contributed by atoms with Gasteiger partial charge in [0.1, 0.15) is 33.5 Å². The number of aliphatic imine (C=N–C) groups is 2. The largest absolute Gasteiger partial charge is 0.384 e. The number of aryl methyl sites for hydroxylation is 3. The Balaban J connectivity index is 0.000000150. The molecule has 2 N–H and O–H groups in total. The van der Waals surface area contributed by atoms with Crippen LogP contribution in [0.25, 0.3) is 27.3 Å². The molecule has 0 saturated heterocycles. The number of hydrogen-bond donors (Lipinski definition) is 1. The van der Waals surface area contributed by atoms with Gasteiger partial charge < -0.3 is 10.3 Å². The molecule has 2 fully saturated rings. The van der Waals surface area contributed by atoms with Crippen LogP contribution in [0.3, 0.4) is 0 Å². The van der Waals surface area contributed by atoms with Crippen molar-refractivity contribution >= 4 is 40.2 Å². The summed E-state index contributed by atoms with van der Waals surface area (Å²) >= 11 is 7.93. The average Bonchev–Trinajstić information content (AvgIpc) is 3.68. The highest BCUT2D eigenvalue weighted by Crippen LogP contribution is 2.56. The molecule has 2 spiro atoms. The molecule has 4 aromatic heterocycles. The number of nitrogen functional groups attached to an aromatic ring is 1. The molecule has 0 bridgehead atoms. The number of thiophene rings is 1. The maximum Gasteiger partial charge on any atom is 0.172 e. The summed E-state index contributed by atoms with van der Waals surface area (Å²) < 4.78 is 21.7. The molecule has 9 nitrogen and oxygen atoms in total. The van der Waals surface area contributed by atoms with Crippen LogP contribution in [0.1, 0.15) is 95.3 Å². The monoisotopic (exact) mass is 808 g/mol. The maximum atomic E-state index is 13.7. The third-order valence-corrected chi connectivity index (χ3v) is 13.2. The predicted octanol–water partition coefficient (Wildman–Crippen LogP) is 11.0. The van der Waals surface area contributed by atoms with Crippen molar-refractivity contribution in [3.63, 3.8) is 0 Å². The van der Waals surface area contributed by atoms with Crippen LogP contribution in [-0.4, -0.2) is 36.3 Å². The average molecular weight is 809 g/mol. The molecule has 6 heterocycles. The van der Waals surface area contributed by atoms with Crippen molar-refractivity contribution in [1.82, 2.24) is 24.9 Å². The van der Waals surface area contributed by atoms with Gasteiger partial charge in [0.05, 0.1) is 22.7 Å². The SMILES string of the molecule is C.Cc1noc2c1-c1ccc(-c3ccc(N)nc3)cc1C(c1ccc(F)cc1)=NC21CC1.Cc1sc2c(c1C)C(c1ccc(Cl)cc1)=NC1(CCC1)c1nnc(C)n1-2. The van der Waals surface area contributed by atoms with Crippen molar-refractivity contribution in [2.75, 3.05) is 5.73 Å². The van der Waals surface area contributed by atoms with E-state index in [0.717, 1.165) is 104 Å². The van der Waals surface area contributed by atoms with Crippen LogP contribution in [0.2, 0.25) is 5.02 Å². The third-order valence-electron chi connectivity index (χ3n) is 11.8. The number of fused-ring (bicyclic) bond motifs is 8. The Bertz CT molecular complexity index is 2790. The van der Waals surface area contributed by atoms with Gasteiger partial charge in [-0.25, -0.2) is 9.37 Å². The number of nitrogens with zero attached hydrogens (tertiary/aromatic N) is 7. The van der Waals surface area contributed by atoms with Crippen LogP contribution in [-0.2, 0) is 11.1 Å². The highest BCUT2D eigenvalue weighted by atomic mass is 35.5. The first-order chi connectivity index (χ1) is 27.5. The first-order valence-electron chi connectivity index (χ1n) is 19.1. The second-order valence-electron chi connectivity index (χ2n) is 15.4. The molecular weight excluding hydrogens is 767 g/mol. The smallest absolute Gasteiger partial charge is 0.172 e. The lowest BCUT2D eigenvalue weighted by molar-refractivity contribution is 0.239. The van der Waals surface area contributed by atoms with Gasteiger partial charge in [-0.3, -0.25) is 14.6 Å². The number of anilines is 1. The minimum Gasteiger partial charge on any atom is -0.384 e. The summed E-state index contributed by atoms with van der Waals surface area (Å²) in [6, 6.07) is 24.5. The first-order valence-corrected chi connectivity index (χ1v) is 20.3. The van der Waals surface area contributed by atoms with Crippen molar-refractivity contribution in [3.05, 3.63) is 152 Å². The molecule has 4 aliphatic rings. The zero-order chi connectivity index (χ0) is 39.2. The van der Waals surface area contributed by atoms with Crippen LogP contribution < -0.4 is 5.73 Å². The fourth-order valence-electron chi connectivity index (χ4n) is 8.26. The Kier molecular flexibility index (Phi) is 9.09. The highest BCUT2D eigenvalue weighted by Gasteiger charge is 2.52. The molecule has 0 amide bonds. The lowest BCUT2D eigenvalue weighted by Gasteiger charge is -2.36. The summed E-state index contributed by atoms with van der Waals surface area (Å²) in [5, 5.41) is 15.1. The molecule has 12 heteroatoms. The summed E-state index contributed by atoms with van der Waals surface area (Å²) in [6.45, 7) is 8.36. The summed E-state index contributed by atoms with van der Waals surface area (Å²) in [6.07, 6.45) is 6.80. The Morgan fingerprint density at radius 3 is 2.10 bits per heavy atom. The van der Waals surface area contributed by atoms with Gasteiger partial charge >= 0.3 is 0 Å². The highest BCUT2D eigenvalue weighted by molar-refractivity contribution is 7.15. The summed E-state index contributed by atoms with van der Waals surface area (Å²) in [4.78, 5) is 16.1. The standard InChI is InChI=1S/C25H19FN4O.C20H19ClN4S.CH4/c1-14-22-19-8-4-16(17-5-9-21(27)28-13-17)12-20(19)23(15-2-6-18(26)7-3-15)29-25(10-11-25)24(22)31-30-14;1-11-12(2)26-18-16(11)17(14-5-7-15(21)8-6-14)22-20(9-4-10-20)19-24-23-13(3)25(18)19;/h2-9,12-13H,10-11H2,1H3,(H2,27,28);5-8H,4,9-10H2,1-3H3;1H4. The number of halogens is 2. The second-order valence-corrected chi connectivity index (χ2v) is 17.1. The third kappa shape index (κ3) is 6.02. The van der Waals surface area contributed by atoms with Crippen LogP contribution >= 0.6 is 22.9 Å². The van der Waals surface area contributed by atoms with Gasteiger partial charge in [-0.2, -0.15) is 0 Å². The lowest BCUT2D eigenvalue weighted by atomic mass is 9.76. The maximum absolute atomic E-state index is 13.7. The summed E-state index contributed by atoms with van der Waals surface area (Å²) in [7, 11) is 0. The molecule has 58 heavy (non-hydrogen) atoms. The fourth-order valence-corrected chi connectivity index (χ4v) is 9.60. The van der Waals surface area contributed by atoms with Gasteiger partial charge in [-0.15, -0.1) is 21.5 Å². The minimum absolute atomic E-state index is 0. The quantitative estimate of drug-likeness (QED) is 0.190. The van der Waals surface area contributed by atoms with Crippen molar-refractivity contribution in [1.29, 1.82) is 0 Å². The van der Waals surface area contributed by atoms with E-state index < -0.39 is 5.54 Å². The van der Waals surface area contributed by atoms with Gasteiger partial charge in [-0.1, -0.05) is 48.4 Å². The molecule has 0 radical (unpaired) electrons. The van der Waals surface area contributed by atoms with E-state index in [9.17, 15) is 4.39 Å². The van der Waals surface area contributed by atoms with E-state index >= 15 is 0 Å². The number of hydrogen-bond acceptors (Lipinski definition) is 9. The Morgan fingerprint density at radius 2 is 1.43 bits per heavy atom. The van der Waals surface area contributed by atoms with Crippen molar-refractivity contribution in [3.8, 4) is 27.3 Å². The van der Waals surface area contributed by atoms with Gasteiger partial charge in [0.2, 0.25) is 0 Å². The van der Waals surface area contributed by atoms with Crippen molar-refractivity contribution in [2.45, 2.75) is 78.3 Å². The van der Waals surface area contributed by atoms with Crippen LogP contribution in [0.4, 0.5) is 10.2 Å².